The second-order valence-corrected chi connectivity index (χ2v) is 10.5. The Balaban J connectivity index is 1.46. The second kappa shape index (κ2) is 11.3. The van der Waals surface area contributed by atoms with Crippen molar-refractivity contribution in [1.82, 2.24) is 25.6 Å². The van der Waals surface area contributed by atoms with Crippen molar-refractivity contribution in [3.05, 3.63) is 107 Å². The number of hydrogen-bond acceptors (Lipinski definition) is 7. The number of amides is 1. The van der Waals surface area contributed by atoms with Gasteiger partial charge in [-0.2, -0.15) is 0 Å². The van der Waals surface area contributed by atoms with Crippen LogP contribution in [0, 0.1) is 10.1 Å². The molecule has 0 aliphatic carbocycles. The zero-order chi connectivity index (χ0) is 27.3. The molecule has 0 unspecified atom stereocenters. The van der Waals surface area contributed by atoms with E-state index < -0.39 is 4.92 Å². The van der Waals surface area contributed by atoms with E-state index in [1.54, 1.807) is 12.1 Å². The van der Waals surface area contributed by atoms with Gasteiger partial charge < -0.3 is 0 Å². The standard InChI is InChI=1S/C28H28N6O3S/c1-19(20-12-16-24(17-13-20)34(36)37)29-30-25(35)18-38-27-32-31-26(33(27)23-8-6-5-7-9-23)21-10-14-22(15-11-21)28(2,3)4/h5-17,29H,1,18H2,2-4H3,(H,30,35). The molecule has 1 amide bonds. The number of non-ortho nitro benzene ring substituents is 1. The minimum Gasteiger partial charge on any atom is -0.299 e. The predicted octanol–water partition coefficient (Wildman–Crippen LogP) is 5.52. The first-order valence-corrected chi connectivity index (χ1v) is 12.8. The van der Waals surface area contributed by atoms with Gasteiger partial charge in [0.1, 0.15) is 0 Å². The number of carbonyl (C=O) groups excluding carboxylic acids is 1. The lowest BCUT2D eigenvalue weighted by Gasteiger charge is -2.19. The zero-order valence-corrected chi connectivity index (χ0v) is 22.2. The van der Waals surface area contributed by atoms with Gasteiger partial charge in [-0.05, 0) is 40.8 Å². The van der Waals surface area contributed by atoms with Crippen LogP contribution in [0.5, 0.6) is 0 Å². The number of nitro groups is 1. The van der Waals surface area contributed by atoms with Crippen molar-refractivity contribution in [2.24, 2.45) is 0 Å². The molecule has 0 aliphatic heterocycles. The molecule has 1 aromatic heterocycles. The summed E-state index contributed by atoms with van der Waals surface area (Å²) in [7, 11) is 0. The third kappa shape index (κ3) is 6.27. The number of nitrogens with one attached hydrogen (secondary N) is 2. The topological polar surface area (TPSA) is 115 Å². The Morgan fingerprint density at radius 1 is 0.974 bits per heavy atom. The van der Waals surface area contributed by atoms with Crippen molar-refractivity contribution in [3.63, 3.8) is 0 Å². The molecule has 1 heterocycles. The van der Waals surface area contributed by atoms with E-state index in [2.05, 4.69) is 60.5 Å². The molecule has 3 aromatic carbocycles. The Labute approximate surface area is 225 Å². The van der Waals surface area contributed by atoms with E-state index in [1.165, 1.54) is 29.5 Å². The molecule has 0 aliphatic rings. The summed E-state index contributed by atoms with van der Waals surface area (Å²) in [5, 5.41) is 20.2. The van der Waals surface area contributed by atoms with Crippen molar-refractivity contribution in [2.75, 3.05) is 5.75 Å². The van der Waals surface area contributed by atoms with Gasteiger partial charge in [0.2, 0.25) is 5.91 Å². The van der Waals surface area contributed by atoms with Crippen LogP contribution in [0.15, 0.2) is 90.6 Å². The number of thioether (sulfide) groups is 1. The van der Waals surface area contributed by atoms with Gasteiger partial charge in [0.15, 0.2) is 11.0 Å². The summed E-state index contributed by atoms with van der Waals surface area (Å²) in [4.78, 5) is 22.9. The van der Waals surface area contributed by atoms with Crippen LogP contribution in [0.3, 0.4) is 0 Å². The summed E-state index contributed by atoms with van der Waals surface area (Å²) < 4.78 is 1.94. The van der Waals surface area contributed by atoms with Crippen LogP contribution in [0.1, 0.15) is 31.9 Å². The quantitative estimate of drug-likeness (QED) is 0.167. The van der Waals surface area contributed by atoms with Gasteiger partial charge in [-0.1, -0.05) is 81.6 Å². The van der Waals surface area contributed by atoms with E-state index in [4.69, 9.17) is 0 Å². The van der Waals surface area contributed by atoms with Crippen LogP contribution >= 0.6 is 11.8 Å². The molecule has 0 radical (unpaired) electrons. The van der Waals surface area contributed by atoms with E-state index in [1.807, 2.05) is 47.0 Å². The number of hydrogen-bond donors (Lipinski definition) is 2. The summed E-state index contributed by atoms with van der Waals surface area (Å²) >= 11 is 1.26. The molecule has 38 heavy (non-hydrogen) atoms. The van der Waals surface area contributed by atoms with Crippen LogP contribution < -0.4 is 10.9 Å². The highest BCUT2D eigenvalue weighted by Gasteiger charge is 2.19. The van der Waals surface area contributed by atoms with Gasteiger partial charge >= 0.3 is 0 Å². The van der Waals surface area contributed by atoms with Crippen molar-refractivity contribution < 1.29 is 9.72 Å². The highest BCUT2D eigenvalue weighted by atomic mass is 32.2. The fraction of sp³-hybridized carbons (Fsp3) is 0.179. The third-order valence-electron chi connectivity index (χ3n) is 5.77. The fourth-order valence-corrected chi connectivity index (χ4v) is 4.40. The molecular weight excluding hydrogens is 500 g/mol. The maximum atomic E-state index is 12.6. The van der Waals surface area contributed by atoms with Crippen LogP contribution in [-0.2, 0) is 10.2 Å². The molecule has 0 fully saturated rings. The first kappa shape index (κ1) is 26.6. The Kier molecular flexibility index (Phi) is 7.92. The molecule has 0 spiro atoms. The average molecular weight is 529 g/mol. The van der Waals surface area contributed by atoms with Crippen LogP contribution in [0.25, 0.3) is 22.8 Å². The maximum Gasteiger partial charge on any atom is 0.269 e. The molecular formula is C28H28N6O3S. The first-order chi connectivity index (χ1) is 18.1. The van der Waals surface area contributed by atoms with Gasteiger partial charge in [0.25, 0.3) is 5.69 Å². The number of benzene rings is 3. The molecule has 9 nitrogen and oxygen atoms in total. The zero-order valence-electron chi connectivity index (χ0n) is 21.3. The fourth-order valence-electron chi connectivity index (χ4n) is 3.65. The molecule has 4 rings (SSSR count). The second-order valence-electron chi connectivity index (χ2n) is 9.55. The number of nitrogens with zero attached hydrogens (tertiary/aromatic N) is 4. The van der Waals surface area contributed by atoms with Gasteiger partial charge in [-0.15, -0.1) is 10.2 Å². The predicted molar refractivity (Wildman–Crippen MR) is 150 cm³/mol. The average Bonchev–Trinajstić information content (AvgIpc) is 3.34. The summed E-state index contributed by atoms with van der Waals surface area (Å²) in [5.41, 5.74) is 9.45. The van der Waals surface area contributed by atoms with E-state index in [9.17, 15) is 14.9 Å². The summed E-state index contributed by atoms with van der Waals surface area (Å²) in [6.07, 6.45) is 0. The summed E-state index contributed by atoms with van der Waals surface area (Å²) in [6, 6.07) is 23.9. The SMILES string of the molecule is C=C(NNC(=O)CSc1nnc(-c2ccc(C(C)(C)C)cc2)n1-c1ccccc1)c1ccc([N+](=O)[O-])cc1. The minimum atomic E-state index is -0.473. The van der Waals surface area contributed by atoms with E-state index in [-0.39, 0.29) is 22.8 Å². The third-order valence-corrected chi connectivity index (χ3v) is 6.70. The molecule has 194 valence electrons. The van der Waals surface area contributed by atoms with Gasteiger partial charge in [0, 0.05) is 23.4 Å². The Bertz CT molecular complexity index is 1440. The van der Waals surface area contributed by atoms with Gasteiger partial charge in [0.05, 0.1) is 16.4 Å². The van der Waals surface area contributed by atoms with E-state index in [0.29, 0.717) is 22.2 Å². The first-order valence-electron chi connectivity index (χ1n) is 11.9. The monoisotopic (exact) mass is 528 g/mol. The van der Waals surface area contributed by atoms with Crippen LogP contribution in [0.4, 0.5) is 5.69 Å². The van der Waals surface area contributed by atoms with Gasteiger partial charge in [-0.3, -0.25) is 30.3 Å². The molecule has 0 bridgehead atoms. The molecule has 0 atom stereocenters. The summed E-state index contributed by atoms with van der Waals surface area (Å²) in [6.45, 7) is 10.4. The number of nitro benzene ring substituents is 1. The number of aromatic nitrogens is 3. The Morgan fingerprint density at radius 2 is 1.63 bits per heavy atom. The Hall–Kier alpha value is -4.44. The normalized spacial score (nSPS) is 11.1. The molecule has 4 aromatic rings. The molecule has 10 heteroatoms. The van der Waals surface area contributed by atoms with Crippen molar-refractivity contribution in [3.8, 4) is 17.1 Å². The van der Waals surface area contributed by atoms with Crippen LogP contribution in [0.2, 0.25) is 0 Å². The largest absolute Gasteiger partial charge is 0.299 e. The highest BCUT2D eigenvalue weighted by molar-refractivity contribution is 7.99. The summed E-state index contributed by atoms with van der Waals surface area (Å²) in [5.74, 6) is 0.468. The number of carbonyl (C=O) groups is 1. The molecule has 2 N–H and O–H groups in total. The smallest absolute Gasteiger partial charge is 0.269 e. The van der Waals surface area contributed by atoms with E-state index in [0.717, 1.165) is 11.3 Å². The Morgan fingerprint density at radius 3 is 2.24 bits per heavy atom. The van der Waals surface area contributed by atoms with E-state index >= 15 is 0 Å². The van der Waals surface area contributed by atoms with Gasteiger partial charge in [-0.25, -0.2) is 0 Å². The maximum absolute atomic E-state index is 12.6. The number of para-hydroxylation sites is 1. The molecule has 0 saturated heterocycles. The lowest BCUT2D eigenvalue weighted by atomic mass is 9.87. The lowest BCUT2D eigenvalue weighted by molar-refractivity contribution is -0.384. The molecule has 0 saturated carbocycles. The minimum absolute atomic E-state index is 0.0194. The van der Waals surface area contributed by atoms with Crippen molar-refractivity contribution in [1.29, 1.82) is 0 Å². The van der Waals surface area contributed by atoms with Crippen LogP contribution in [-0.4, -0.2) is 31.3 Å². The highest BCUT2D eigenvalue weighted by Crippen LogP contribution is 2.30. The number of hydrazine groups is 1. The number of rotatable bonds is 9. The van der Waals surface area contributed by atoms with Crippen molar-refractivity contribution >= 4 is 29.1 Å². The lowest BCUT2D eigenvalue weighted by Crippen LogP contribution is -2.37. The van der Waals surface area contributed by atoms with Crippen molar-refractivity contribution in [2.45, 2.75) is 31.3 Å².